The van der Waals surface area contributed by atoms with Crippen LogP contribution in [0.4, 0.5) is 14.5 Å². The number of nitrogens with zero attached hydrogens (tertiary/aromatic N) is 1. The quantitative estimate of drug-likeness (QED) is 0.510. The average molecular weight is 326 g/mol. The molecule has 3 nitrogen and oxygen atoms in total. The fraction of sp³-hybridized carbons (Fsp3) is 0. The third-order valence-corrected chi connectivity index (χ3v) is 3.00. The Morgan fingerprint density at radius 1 is 1.10 bits per heavy atom. The predicted octanol–water partition coefficient (Wildman–Crippen LogP) is 3.94. The number of halogens is 3. The van der Waals surface area contributed by atoms with Crippen molar-refractivity contribution in [2.75, 3.05) is 5.32 Å². The van der Waals surface area contributed by atoms with Gasteiger partial charge in [-0.3, -0.25) is 5.43 Å². The van der Waals surface area contributed by atoms with Gasteiger partial charge >= 0.3 is 0 Å². The molecular formula is C14H10ClF2N3S. The van der Waals surface area contributed by atoms with E-state index in [0.29, 0.717) is 0 Å². The van der Waals surface area contributed by atoms with Crippen LogP contribution >= 0.6 is 23.8 Å². The number of benzene rings is 2. The van der Waals surface area contributed by atoms with E-state index in [9.17, 15) is 8.78 Å². The molecule has 2 rings (SSSR count). The van der Waals surface area contributed by atoms with Crippen LogP contribution in [0.5, 0.6) is 0 Å². The normalized spacial score (nSPS) is 10.6. The Bertz CT molecular complexity index is 671. The summed E-state index contributed by atoms with van der Waals surface area (Å²) in [6.45, 7) is 0. The third kappa shape index (κ3) is 4.21. The Balaban J connectivity index is 1.98. The van der Waals surface area contributed by atoms with E-state index in [1.54, 1.807) is 18.2 Å². The molecule has 0 aliphatic rings. The number of nitrogens with one attached hydrogen (secondary N) is 2. The molecule has 21 heavy (non-hydrogen) atoms. The molecule has 0 unspecified atom stereocenters. The van der Waals surface area contributed by atoms with Crippen molar-refractivity contribution >= 4 is 40.8 Å². The summed E-state index contributed by atoms with van der Waals surface area (Å²) in [7, 11) is 0. The molecule has 0 radical (unpaired) electrons. The van der Waals surface area contributed by atoms with E-state index in [0.717, 1.165) is 0 Å². The van der Waals surface area contributed by atoms with E-state index in [1.807, 2.05) is 0 Å². The summed E-state index contributed by atoms with van der Waals surface area (Å²) in [4.78, 5) is 0. The van der Waals surface area contributed by atoms with Crippen molar-refractivity contribution < 1.29 is 8.78 Å². The second kappa shape index (κ2) is 7.10. The molecule has 108 valence electrons. The minimum atomic E-state index is -0.499. The first-order valence-electron chi connectivity index (χ1n) is 5.86. The lowest BCUT2D eigenvalue weighted by Gasteiger charge is -2.07. The van der Waals surface area contributed by atoms with Crippen LogP contribution in [-0.4, -0.2) is 11.3 Å². The highest BCUT2D eigenvalue weighted by Crippen LogP contribution is 2.16. The first-order valence-corrected chi connectivity index (χ1v) is 6.65. The van der Waals surface area contributed by atoms with E-state index in [2.05, 4.69) is 15.8 Å². The van der Waals surface area contributed by atoms with E-state index >= 15 is 0 Å². The molecule has 0 atom stereocenters. The molecule has 0 heterocycles. The van der Waals surface area contributed by atoms with Gasteiger partial charge in [0.25, 0.3) is 0 Å². The number of hydrazone groups is 1. The lowest BCUT2D eigenvalue weighted by atomic mass is 10.2. The Kier molecular flexibility index (Phi) is 5.19. The Morgan fingerprint density at radius 2 is 1.81 bits per heavy atom. The lowest BCUT2D eigenvalue weighted by Crippen LogP contribution is -2.24. The van der Waals surface area contributed by atoms with Crippen molar-refractivity contribution in [1.29, 1.82) is 0 Å². The third-order valence-electron chi connectivity index (χ3n) is 2.48. The smallest absolute Gasteiger partial charge is 0.191 e. The van der Waals surface area contributed by atoms with Gasteiger partial charge in [0.15, 0.2) is 5.11 Å². The van der Waals surface area contributed by atoms with Crippen LogP contribution in [-0.2, 0) is 0 Å². The van der Waals surface area contributed by atoms with Crippen LogP contribution in [0.1, 0.15) is 5.56 Å². The van der Waals surface area contributed by atoms with Crippen molar-refractivity contribution in [3.05, 3.63) is 64.7 Å². The van der Waals surface area contributed by atoms with Gasteiger partial charge in [-0.05, 0) is 36.5 Å². The van der Waals surface area contributed by atoms with Crippen molar-refractivity contribution in [3.8, 4) is 0 Å². The molecule has 0 aromatic heterocycles. The molecule has 2 aromatic rings. The van der Waals surface area contributed by atoms with E-state index < -0.39 is 11.6 Å². The predicted molar refractivity (Wildman–Crippen MR) is 84.8 cm³/mol. The molecule has 0 aliphatic heterocycles. The van der Waals surface area contributed by atoms with Gasteiger partial charge in [0.2, 0.25) is 0 Å². The fourth-order valence-electron chi connectivity index (χ4n) is 1.50. The minimum absolute atomic E-state index is 0.0730. The molecule has 2 N–H and O–H groups in total. The number of para-hydroxylation sites is 1. The summed E-state index contributed by atoms with van der Waals surface area (Å²) in [6.07, 6.45) is 1.20. The zero-order valence-corrected chi connectivity index (χ0v) is 12.2. The van der Waals surface area contributed by atoms with Crippen molar-refractivity contribution in [2.24, 2.45) is 5.10 Å². The monoisotopic (exact) mass is 325 g/mol. The molecular weight excluding hydrogens is 316 g/mol. The average Bonchev–Trinajstić information content (AvgIpc) is 2.45. The van der Waals surface area contributed by atoms with E-state index in [1.165, 1.54) is 30.5 Å². The number of thiocarbonyl (C=S) groups is 1. The number of rotatable bonds is 3. The first-order chi connectivity index (χ1) is 10.1. The maximum absolute atomic E-state index is 13.5. The van der Waals surface area contributed by atoms with Crippen LogP contribution in [0.2, 0.25) is 5.02 Å². The van der Waals surface area contributed by atoms with Gasteiger partial charge in [0, 0.05) is 5.56 Å². The van der Waals surface area contributed by atoms with Gasteiger partial charge in [-0.15, -0.1) is 0 Å². The topological polar surface area (TPSA) is 36.4 Å². The van der Waals surface area contributed by atoms with Crippen LogP contribution in [0.15, 0.2) is 47.6 Å². The van der Waals surface area contributed by atoms with Crippen LogP contribution in [0.25, 0.3) is 0 Å². The molecule has 0 saturated heterocycles. The number of anilines is 1. The summed E-state index contributed by atoms with van der Waals surface area (Å²) in [5, 5.41) is 6.70. The van der Waals surface area contributed by atoms with Crippen LogP contribution < -0.4 is 10.7 Å². The fourth-order valence-corrected chi connectivity index (χ4v) is 1.88. The molecule has 0 bridgehead atoms. The van der Waals surface area contributed by atoms with E-state index in [4.69, 9.17) is 23.8 Å². The summed E-state index contributed by atoms with van der Waals surface area (Å²) in [5.41, 5.74) is 2.82. The zero-order chi connectivity index (χ0) is 15.2. The SMILES string of the molecule is Fc1ccccc1NC(=S)N/N=C/c1c(F)cccc1Cl. The van der Waals surface area contributed by atoms with Crippen LogP contribution in [0, 0.1) is 11.6 Å². The second-order valence-corrected chi connectivity index (χ2v) is 4.75. The zero-order valence-electron chi connectivity index (χ0n) is 10.6. The molecule has 0 aliphatic carbocycles. The standard InChI is InChI=1S/C14H10ClF2N3S/c15-10-4-3-6-11(16)9(10)8-18-20-14(21)19-13-7-2-1-5-12(13)17/h1-8H,(H2,19,20,21)/b18-8+. The Hall–Kier alpha value is -2.05. The Morgan fingerprint density at radius 3 is 2.52 bits per heavy atom. The van der Waals surface area contributed by atoms with Crippen molar-refractivity contribution in [1.82, 2.24) is 5.43 Å². The highest BCUT2D eigenvalue weighted by Gasteiger charge is 2.04. The largest absolute Gasteiger partial charge is 0.329 e. The maximum atomic E-state index is 13.5. The molecule has 0 amide bonds. The lowest BCUT2D eigenvalue weighted by molar-refractivity contribution is 0.626. The number of hydrogen-bond donors (Lipinski definition) is 2. The van der Waals surface area contributed by atoms with Gasteiger partial charge in [-0.1, -0.05) is 29.8 Å². The molecule has 7 heteroatoms. The highest BCUT2D eigenvalue weighted by atomic mass is 35.5. The molecule has 0 fully saturated rings. The first kappa shape index (κ1) is 15.3. The Labute approximate surface area is 130 Å². The summed E-state index contributed by atoms with van der Waals surface area (Å²) in [5.74, 6) is -0.941. The molecule has 0 saturated carbocycles. The summed E-state index contributed by atoms with van der Waals surface area (Å²) < 4.78 is 26.9. The summed E-state index contributed by atoms with van der Waals surface area (Å²) >= 11 is 10.8. The van der Waals surface area contributed by atoms with Gasteiger partial charge in [0.05, 0.1) is 16.9 Å². The maximum Gasteiger partial charge on any atom is 0.191 e. The van der Waals surface area contributed by atoms with Crippen molar-refractivity contribution in [2.45, 2.75) is 0 Å². The van der Waals surface area contributed by atoms with Gasteiger partial charge in [0.1, 0.15) is 11.6 Å². The molecule has 0 spiro atoms. The van der Waals surface area contributed by atoms with Gasteiger partial charge < -0.3 is 5.32 Å². The van der Waals surface area contributed by atoms with Gasteiger partial charge in [-0.25, -0.2) is 8.78 Å². The minimum Gasteiger partial charge on any atom is -0.329 e. The van der Waals surface area contributed by atoms with Crippen LogP contribution in [0.3, 0.4) is 0 Å². The summed E-state index contributed by atoms with van der Waals surface area (Å²) in [6, 6.07) is 10.4. The van der Waals surface area contributed by atoms with E-state index in [-0.39, 0.29) is 21.4 Å². The van der Waals surface area contributed by atoms with Crippen molar-refractivity contribution in [3.63, 3.8) is 0 Å². The van der Waals surface area contributed by atoms with Gasteiger partial charge in [-0.2, -0.15) is 5.10 Å². The number of hydrogen-bond acceptors (Lipinski definition) is 2. The highest BCUT2D eigenvalue weighted by molar-refractivity contribution is 7.80. The molecule has 2 aromatic carbocycles. The second-order valence-electron chi connectivity index (χ2n) is 3.94.